The Labute approximate surface area is 143 Å². The van der Waals surface area contributed by atoms with E-state index in [0.29, 0.717) is 25.0 Å². The third-order valence-corrected chi connectivity index (χ3v) is 5.12. The van der Waals surface area contributed by atoms with Crippen LogP contribution in [0.4, 0.5) is 17.6 Å². The molecule has 1 aromatic heterocycles. The zero-order valence-electron chi connectivity index (χ0n) is 14.6. The van der Waals surface area contributed by atoms with Gasteiger partial charge in [-0.1, -0.05) is 13.3 Å². The summed E-state index contributed by atoms with van der Waals surface area (Å²) in [6.07, 6.45) is 4.26. The predicted molar refractivity (Wildman–Crippen MR) is 95.4 cm³/mol. The van der Waals surface area contributed by atoms with Crippen molar-refractivity contribution in [1.29, 1.82) is 0 Å². The summed E-state index contributed by atoms with van der Waals surface area (Å²) in [7, 11) is 0. The number of aliphatic hydroxyl groups is 1. The van der Waals surface area contributed by atoms with Crippen LogP contribution in [0.1, 0.15) is 32.6 Å². The average Bonchev–Trinajstić information content (AvgIpc) is 2.62. The Kier molecular flexibility index (Phi) is 5.40. The van der Waals surface area contributed by atoms with Gasteiger partial charge in [0, 0.05) is 37.7 Å². The van der Waals surface area contributed by atoms with E-state index in [1.165, 1.54) is 0 Å². The molecule has 2 saturated heterocycles. The Hall–Kier alpha value is -1.60. The minimum atomic E-state index is -0.0220. The van der Waals surface area contributed by atoms with Crippen LogP contribution < -0.4 is 15.5 Å². The molecule has 3 N–H and O–H groups in total. The van der Waals surface area contributed by atoms with Gasteiger partial charge in [-0.3, -0.25) is 0 Å². The zero-order valence-corrected chi connectivity index (χ0v) is 14.6. The zero-order chi connectivity index (χ0) is 17.0. The third-order valence-electron chi connectivity index (χ3n) is 5.12. The molecule has 0 aliphatic carbocycles. The van der Waals surface area contributed by atoms with Gasteiger partial charge in [-0.15, -0.1) is 0 Å². The van der Waals surface area contributed by atoms with Crippen LogP contribution in [-0.4, -0.2) is 61.1 Å². The Morgan fingerprint density at radius 1 is 1.25 bits per heavy atom. The molecule has 0 spiro atoms. The molecule has 2 fully saturated rings. The summed E-state index contributed by atoms with van der Waals surface area (Å²) in [4.78, 5) is 13.6. The summed E-state index contributed by atoms with van der Waals surface area (Å²) in [6, 6.07) is 1.85. The quantitative estimate of drug-likeness (QED) is 0.838. The number of nitrogens with zero attached hydrogens (tertiary/aromatic N) is 4. The molecule has 0 saturated carbocycles. The van der Waals surface area contributed by atoms with E-state index in [9.17, 15) is 5.11 Å². The van der Waals surface area contributed by atoms with Crippen LogP contribution in [0.3, 0.4) is 0 Å². The summed E-state index contributed by atoms with van der Waals surface area (Å²) in [5.41, 5.74) is 6.02. The highest BCUT2D eigenvalue weighted by molar-refractivity contribution is 5.53. The second-order valence-corrected chi connectivity index (χ2v) is 6.98. The van der Waals surface area contributed by atoms with Gasteiger partial charge in [0.05, 0.1) is 19.8 Å². The Balaban J connectivity index is 1.81. The van der Waals surface area contributed by atoms with Crippen molar-refractivity contribution in [3.63, 3.8) is 0 Å². The van der Waals surface area contributed by atoms with E-state index in [0.717, 1.165) is 57.7 Å². The second kappa shape index (κ2) is 7.53. The molecule has 0 unspecified atom stereocenters. The molecule has 0 amide bonds. The summed E-state index contributed by atoms with van der Waals surface area (Å²) in [6.45, 7) is 7.16. The first kappa shape index (κ1) is 17.2. The molecule has 7 heteroatoms. The van der Waals surface area contributed by atoms with Gasteiger partial charge in [-0.05, 0) is 19.3 Å². The number of ether oxygens (including phenoxy) is 1. The molecule has 3 heterocycles. The fourth-order valence-corrected chi connectivity index (χ4v) is 3.85. The van der Waals surface area contributed by atoms with E-state index < -0.39 is 0 Å². The minimum Gasteiger partial charge on any atom is -0.396 e. The van der Waals surface area contributed by atoms with Crippen molar-refractivity contribution >= 4 is 17.6 Å². The van der Waals surface area contributed by atoms with Crippen LogP contribution in [0.25, 0.3) is 0 Å². The first-order valence-corrected chi connectivity index (χ1v) is 8.99. The lowest BCUT2D eigenvalue weighted by Gasteiger charge is -2.42. The topological polar surface area (TPSA) is 87.7 Å². The minimum absolute atomic E-state index is 0.0220. The smallest absolute Gasteiger partial charge is 0.229 e. The van der Waals surface area contributed by atoms with E-state index >= 15 is 0 Å². The average molecular weight is 335 g/mol. The number of hydrogen-bond donors (Lipinski definition) is 2. The van der Waals surface area contributed by atoms with Crippen LogP contribution in [0.2, 0.25) is 0 Å². The van der Waals surface area contributed by atoms with E-state index in [2.05, 4.69) is 21.7 Å². The first-order chi connectivity index (χ1) is 11.7. The number of aliphatic hydroxyl groups excluding tert-OH is 1. The highest BCUT2D eigenvalue weighted by Crippen LogP contribution is 2.36. The number of hydrogen-bond acceptors (Lipinski definition) is 7. The van der Waals surface area contributed by atoms with Gasteiger partial charge < -0.3 is 25.4 Å². The monoisotopic (exact) mass is 335 g/mol. The largest absolute Gasteiger partial charge is 0.396 e. The fraction of sp³-hybridized carbons (Fsp3) is 0.765. The van der Waals surface area contributed by atoms with E-state index in [1.54, 1.807) is 0 Å². The van der Waals surface area contributed by atoms with Gasteiger partial charge >= 0.3 is 0 Å². The van der Waals surface area contributed by atoms with Gasteiger partial charge in [-0.2, -0.15) is 9.97 Å². The molecule has 1 atom stereocenters. The number of morpholine rings is 1. The van der Waals surface area contributed by atoms with Gasteiger partial charge in [-0.25, -0.2) is 0 Å². The van der Waals surface area contributed by atoms with Crippen molar-refractivity contribution in [2.24, 2.45) is 5.41 Å². The molecule has 7 nitrogen and oxygen atoms in total. The van der Waals surface area contributed by atoms with Crippen molar-refractivity contribution in [3.05, 3.63) is 6.07 Å². The van der Waals surface area contributed by atoms with Crippen LogP contribution in [-0.2, 0) is 4.74 Å². The van der Waals surface area contributed by atoms with Crippen LogP contribution in [0, 0.1) is 5.41 Å². The molecule has 0 bridgehead atoms. The van der Waals surface area contributed by atoms with Crippen molar-refractivity contribution in [1.82, 2.24) is 9.97 Å². The molecular weight excluding hydrogens is 306 g/mol. The SMILES string of the molecule is CCC[C@]1(CO)CCCN(c2cc(N)nc(N3CCOCC3)n2)C1. The summed E-state index contributed by atoms with van der Waals surface area (Å²) >= 11 is 0. The fourth-order valence-electron chi connectivity index (χ4n) is 3.85. The van der Waals surface area contributed by atoms with E-state index in [4.69, 9.17) is 15.5 Å². The van der Waals surface area contributed by atoms with Crippen molar-refractivity contribution in [2.75, 3.05) is 61.5 Å². The summed E-state index contributed by atoms with van der Waals surface area (Å²) < 4.78 is 5.40. The molecule has 2 aliphatic heterocycles. The maximum absolute atomic E-state index is 9.94. The van der Waals surface area contributed by atoms with Crippen molar-refractivity contribution < 1.29 is 9.84 Å². The molecule has 0 aromatic carbocycles. The lowest BCUT2D eigenvalue weighted by molar-refractivity contribution is 0.0952. The maximum Gasteiger partial charge on any atom is 0.229 e. The van der Waals surface area contributed by atoms with Crippen molar-refractivity contribution in [2.45, 2.75) is 32.6 Å². The summed E-state index contributed by atoms with van der Waals surface area (Å²) in [5.74, 6) is 2.05. The molecule has 24 heavy (non-hydrogen) atoms. The predicted octanol–water partition coefficient (Wildman–Crippen LogP) is 1.27. The highest BCUT2D eigenvalue weighted by Gasteiger charge is 2.35. The molecule has 134 valence electrons. The van der Waals surface area contributed by atoms with Crippen molar-refractivity contribution in [3.8, 4) is 0 Å². The molecule has 0 radical (unpaired) electrons. The van der Waals surface area contributed by atoms with Gasteiger partial charge in [0.1, 0.15) is 11.6 Å². The lowest BCUT2D eigenvalue weighted by Crippen LogP contribution is -2.46. The summed E-state index contributed by atoms with van der Waals surface area (Å²) in [5, 5.41) is 9.94. The van der Waals surface area contributed by atoms with Crippen LogP contribution in [0.5, 0.6) is 0 Å². The molecule has 1 aromatic rings. The van der Waals surface area contributed by atoms with E-state index in [1.807, 2.05) is 6.07 Å². The Bertz CT molecular complexity index is 546. The van der Waals surface area contributed by atoms with Gasteiger partial charge in [0.15, 0.2) is 0 Å². The second-order valence-electron chi connectivity index (χ2n) is 6.98. The Morgan fingerprint density at radius 2 is 2.04 bits per heavy atom. The normalized spacial score (nSPS) is 25.1. The number of anilines is 3. The number of nitrogen functional groups attached to an aromatic ring is 1. The van der Waals surface area contributed by atoms with E-state index in [-0.39, 0.29) is 12.0 Å². The molecule has 3 rings (SSSR count). The van der Waals surface area contributed by atoms with Crippen LogP contribution >= 0.6 is 0 Å². The van der Waals surface area contributed by atoms with Gasteiger partial charge in [0.2, 0.25) is 5.95 Å². The maximum atomic E-state index is 9.94. The number of rotatable bonds is 5. The standard InChI is InChI=1S/C17H29N5O2/c1-2-4-17(13-23)5-3-6-22(12-17)15-11-14(18)19-16(20-15)21-7-9-24-10-8-21/h11,23H,2-10,12-13H2,1H3,(H2,18,19,20)/t17-/m0/s1. The first-order valence-electron chi connectivity index (χ1n) is 8.99. The lowest BCUT2D eigenvalue weighted by atomic mass is 9.77. The highest BCUT2D eigenvalue weighted by atomic mass is 16.5. The number of nitrogens with two attached hydrogens (primary N) is 1. The molecule has 2 aliphatic rings. The number of aromatic nitrogens is 2. The Morgan fingerprint density at radius 3 is 2.75 bits per heavy atom. The third kappa shape index (κ3) is 3.72. The molecular formula is C17H29N5O2. The number of piperidine rings is 1. The van der Waals surface area contributed by atoms with Crippen LogP contribution in [0.15, 0.2) is 6.07 Å². The van der Waals surface area contributed by atoms with Gasteiger partial charge in [0.25, 0.3) is 0 Å².